The van der Waals surface area contributed by atoms with Gasteiger partial charge in [-0.15, -0.1) is 0 Å². The van der Waals surface area contributed by atoms with E-state index in [0.29, 0.717) is 24.6 Å². The zero-order chi connectivity index (χ0) is 23.1. The van der Waals surface area contributed by atoms with E-state index in [2.05, 4.69) is 0 Å². The maximum absolute atomic E-state index is 13.7. The van der Waals surface area contributed by atoms with Gasteiger partial charge in [-0.2, -0.15) is 13.2 Å². The average molecular weight is 481 g/mol. The Bertz CT molecular complexity index is 1160. The smallest absolute Gasteiger partial charge is 0.420 e. The van der Waals surface area contributed by atoms with Gasteiger partial charge in [0.25, 0.3) is 5.91 Å². The van der Waals surface area contributed by atoms with Crippen molar-refractivity contribution in [3.8, 4) is 0 Å². The molecule has 1 saturated heterocycles. The molecule has 4 aliphatic rings. The normalized spacial score (nSPS) is 27.8. The first-order valence-electron chi connectivity index (χ1n) is 11.6. The summed E-state index contributed by atoms with van der Waals surface area (Å²) in [7, 11) is 0. The van der Waals surface area contributed by atoms with Crippen molar-refractivity contribution in [1.29, 1.82) is 0 Å². The monoisotopic (exact) mass is 480 g/mol. The first-order valence-corrected chi connectivity index (χ1v) is 12.0. The lowest BCUT2D eigenvalue weighted by molar-refractivity contribution is -0.142. The summed E-state index contributed by atoms with van der Waals surface area (Å²) in [6, 6.07) is 2.70. The van der Waals surface area contributed by atoms with Gasteiger partial charge in [0.05, 0.1) is 10.6 Å². The van der Waals surface area contributed by atoms with E-state index in [1.807, 2.05) is 4.90 Å². The SMILES string of the molecule is O=C(c1oc2c(C(F)(F)F)cc(C3CC3)cc2c1Cl)N1CCN(C23CCC(CC2)C3)C(=O)C1. The molecule has 2 aromatic rings. The van der Waals surface area contributed by atoms with Crippen LogP contribution in [0.4, 0.5) is 13.2 Å². The van der Waals surface area contributed by atoms with Crippen molar-refractivity contribution in [2.75, 3.05) is 19.6 Å². The van der Waals surface area contributed by atoms with Crippen LogP contribution in [-0.2, 0) is 11.0 Å². The minimum Gasteiger partial charge on any atom is -0.449 e. The van der Waals surface area contributed by atoms with Crippen molar-refractivity contribution in [2.45, 2.75) is 62.6 Å². The first kappa shape index (κ1) is 21.3. The van der Waals surface area contributed by atoms with Crippen LogP contribution in [0.15, 0.2) is 16.5 Å². The molecule has 0 N–H and O–H groups in total. The summed E-state index contributed by atoms with van der Waals surface area (Å²) in [5.41, 5.74) is -0.854. The summed E-state index contributed by atoms with van der Waals surface area (Å²) in [6.07, 6.45) is 2.37. The largest absolute Gasteiger partial charge is 0.449 e. The van der Waals surface area contributed by atoms with Gasteiger partial charge in [-0.1, -0.05) is 11.6 Å². The second-order valence-electron chi connectivity index (χ2n) is 10.1. The van der Waals surface area contributed by atoms with Gasteiger partial charge in [-0.3, -0.25) is 9.59 Å². The first-order chi connectivity index (χ1) is 15.7. The second-order valence-corrected chi connectivity index (χ2v) is 10.5. The van der Waals surface area contributed by atoms with Crippen LogP contribution < -0.4 is 0 Å². The van der Waals surface area contributed by atoms with Crippen LogP contribution in [0.25, 0.3) is 11.0 Å². The van der Waals surface area contributed by atoms with Crippen LogP contribution in [0.1, 0.15) is 72.5 Å². The summed E-state index contributed by atoms with van der Waals surface area (Å²) in [6.45, 7) is 0.622. The molecule has 2 heterocycles. The zero-order valence-corrected chi connectivity index (χ0v) is 18.8. The Labute approximate surface area is 193 Å². The molecule has 0 unspecified atom stereocenters. The molecule has 4 fully saturated rings. The van der Waals surface area contributed by atoms with Crippen molar-refractivity contribution in [1.82, 2.24) is 9.80 Å². The Hall–Kier alpha value is -2.22. The predicted molar refractivity (Wildman–Crippen MR) is 115 cm³/mol. The van der Waals surface area contributed by atoms with E-state index in [4.69, 9.17) is 16.0 Å². The number of carbonyl (C=O) groups excluding carboxylic acids is 2. The number of hydrogen-bond donors (Lipinski definition) is 0. The van der Waals surface area contributed by atoms with Crippen molar-refractivity contribution in [2.24, 2.45) is 5.92 Å². The highest BCUT2D eigenvalue weighted by Crippen LogP contribution is 2.51. The predicted octanol–water partition coefficient (Wildman–Crippen LogP) is 5.60. The fourth-order valence-corrected chi connectivity index (χ4v) is 6.49. The number of piperazine rings is 1. The van der Waals surface area contributed by atoms with Gasteiger partial charge in [-0.25, -0.2) is 0 Å². The number of halogens is 4. The van der Waals surface area contributed by atoms with Gasteiger partial charge < -0.3 is 14.2 Å². The van der Waals surface area contributed by atoms with E-state index in [1.54, 1.807) is 6.07 Å². The Morgan fingerprint density at radius 2 is 1.85 bits per heavy atom. The van der Waals surface area contributed by atoms with E-state index >= 15 is 0 Å². The highest BCUT2D eigenvalue weighted by atomic mass is 35.5. The molecule has 33 heavy (non-hydrogen) atoms. The number of hydrogen-bond acceptors (Lipinski definition) is 3. The van der Waals surface area contributed by atoms with Gasteiger partial charge in [0.1, 0.15) is 12.1 Å². The molecule has 1 aromatic heterocycles. The number of fused-ring (bicyclic) bond motifs is 3. The lowest BCUT2D eigenvalue weighted by atomic mass is 9.91. The van der Waals surface area contributed by atoms with Gasteiger partial charge >= 0.3 is 6.18 Å². The van der Waals surface area contributed by atoms with E-state index < -0.39 is 23.2 Å². The Balaban J connectivity index is 1.30. The molecule has 0 atom stereocenters. The minimum atomic E-state index is -4.63. The van der Waals surface area contributed by atoms with E-state index in [0.717, 1.165) is 51.0 Å². The lowest BCUT2D eigenvalue weighted by Gasteiger charge is -2.44. The van der Waals surface area contributed by atoms with Crippen molar-refractivity contribution >= 4 is 34.4 Å². The van der Waals surface area contributed by atoms with Crippen molar-refractivity contribution < 1.29 is 27.2 Å². The van der Waals surface area contributed by atoms with Crippen molar-refractivity contribution in [3.05, 3.63) is 34.0 Å². The number of furan rings is 1. The van der Waals surface area contributed by atoms with Crippen LogP contribution in [0.3, 0.4) is 0 Å². The topological polar surface area (TPSA) is 53.8 Å². The summed E-state index contributed by atoms with van der Waals surface area (Å²) in [5.74, 6) is -0.312. The number of nitrogens with zero attached hydrogens (tertiary/aromatic N) is 2. The zero-order valence-electron chi connectivity index (χ0n) is 18.0. The number of amides is 2. The summed E-state index contributed by atoms with van der Waals surface area (Å²) >= 11 is 6.41. The average Bonchev–Trinajstić information content (AvgIpc) is 3.31. The van der Waals surface area contributed by atoms with Crippen LogP contribution in [0.5, 0.6) is 0 Å². The van der Waals surface area contributed by atoms with Crippen LogP contribution in [0.2, 0.25) is 5.02 Å². The number of rotatable bonds is 3. The minimum absolute atomic E-state index is 0.0747. The standard InChI is InChI=1S/C24H24ClF3N2O3/c25-19-16-9-15(14-1-2-14)10-17(24(26,27)28)20(16)33-21(19)22(32)29-7-8-30(18(31)12-29)23-5-3-13(11-23)4-6-23/h9-10,13-14H,1-8,11-12H2. The van der Waals surface area contributed by atoms with Gasteiger partial charge in [0, 0.05) is 24.0 Å². The molecule has 3 saturated carbocycles. The number of alkyl halides is 3. The maximum atomic E-state index is 13.7. The van der Waals surface area contributed by atoms with Crippen LogP contribution in [0, 0.1) is 5.92 Å². The molecule has 0 radical (unpaired) electrons. The van der Waals surface area contributed by atoms with E-state index in [-0.39, 0.29) is 40.1 Å². The molecule has 2 bridgehead atoms. The molecule has 5 nitrogen and oxygen atoms in total. The maximum Gasteiger partial charge on any atom is 0.420 e. The molecule has 6 rings (SSSR count). The Morgan fingerprint density at radius 3 is 2.42 bits per heavy atom. The Kier molecular flexibility index (Phi) is 4.61. The molecule has 1 aromatic carbocycles. The van der Waals surface area contributed by atoms with E-state index in [1.165, 1.54) is 4.90 Å². The number of benzene rings is 1. The third-order valence-electron chi connectivity index (χ3n) is 8.08. The third-order valence-corrected chi connectivity index (χ3v) is 8.46. The van der Waals surface area contributed by atoms with Crippen LogP contribution >= 0.6 is 11.6 Å². The van der Waals surface area contributed by atoms with E-state index in [9.17, 15) is 22.8 Å². The van der Waals surface area contributed by atoms with Gasteiger partial charge in [0.2, 0.25) is 11.7 Å². The van der Waals surface area contributed by atoms with Gasteiger partial charge in [0.15, 0.2) is 0 Å². The second kappa shape index (κ2) is 7.14. The molecule has 3 aliphatic carbocycles. The summed E-state index contributed by atoms with van der Waals surface area (Å²) in [5, 5.41) is -0.0190. The highest BCUT2D eigenvalue weighted by molar-refractivity contribution is 6.38. The van der Waals surface area contributed by atoms with Crippen molar-refractivity contribution in [3.63, 3.8) is 0 Å². The molecule has 176 valence electrons. The summed E-state index contributed by atoms with van der Waals surface area (Å²) < 4.78 is 46.7. The number of carbonyl (C=O) groups is 2. The van der Waals surface area contributed by atoms with Crippen LogP contribution in [-0.4, -0.2) is 46.8 Å². The third kappa shape index (κ3) is 3.35. The molecule has 2 amide bonds. The quantitative estimate of drug-likeness (QED) is 0.574. The fraction of sp³-hybridized carbons (Fsp3) is 0.583. The lowest BCUT2D eigenvalue weighted by Crippen LogP contribution is -2.59. The summed E-state index contributed by atoms with van der Waals surface area (Å²) in [4.78, 5) is 29.5. The highest BCUT2D eigenvalue weighted by Gasteiger charge is 2.51. The molecular formula is C24H24ClF3N2O3. The molecule has 1 aliphatic heterocycles. The Morgan fingerprint density at radius 1 is 1.12 bits per heavy atom. The molecule has 0 spiro atoms. The molecule has 9 heteroatoms. The fourth-order valence-electron chi connectivity index (χ4n) is 6.23. The molecular weight excluding hydrogens is 457 g/mol. The van der Waals surface area contributed by atoms with Gasteiger partial charge in [-0.05, 0) is 74.5 Å².